The molecular weight excluding hydrogens is 313 g/mol. The molecule has 0 aromatic heterocycles. The molecule has 0 saturated carbocycles. The summed E-state index contributed by atoms with van der Waals surface area (Å²) in [5.74, 6) is -2.30. The molecule has 1 amide bonds. The van der Waals surface area contributed by atoms with Crippen molar-refractivity contribution in [2.24, 2.45) is 0 Å². The number of rotatable bonds is 5. The molecule has 0 aliphatic carbocycles. The third-order valence-electron chi connectivity index (χ3n) is 2.94. The van der Waals surface area contributed by atoms with E-state index in [2.05, 4.69) is 10.6 Å². The fourth-order valence-electron chi connectivity index (χ4n) is 1.81. The van der Waals surface area contributed by atoms with E-state index in [-0.39, 0.29) is 16.8 Å². The smallest absolute Gasteiger partial charge is 0.335 e. The van der Waals surface area contributed by atoms with Gasteiger partial charge in [0.2, 0.25) is 0 Å². The van der Waals surface area contributed by atoms with Crippen LogP contribution in [0.25, 0.3) is 0 Å². The van der Waals surface area contributed by atoms with E-state index in [0.717, 1.165) is 6.20 Å². The van der Waals surface area contributed by atoms with E-state index in [1.165, 1.54) is 42.5 Å². The van der Waals surface area contributed by atoms with Gasteiger partial charge in [0.1, 0.15) is 17.5 Å². The first-order valence-electron chi connectivity index (χ1n) is 6.76. The number of benzene rings is 2. The van der Waals surface area contributed by atoms with Gasteiger partial charge in [0, 0.05) is 17.6 Å². The van der Waals surface area contributed by atoms with Crippen LogP contribution in [-0.4, -0.2) is 17.0 Å². The Labute approximate surface area is 136 Å². The number of carboxylic acids is 1. The molecule has 0 bridgehead atoms. The molecule has 24 heavy (non-hydrogen) atoms. The average molecular weight is 325 g/mol. The van der Waals surface area contributed by atoms with Crippen LogP contribution in [0.4, 0.5) is 15.8 Å². The van der Waals surface area contributed by atoms with Crippen molar-refractivity contribution in [3.05, 3.63) is 71.7 Å². The zero-order chi connectivity index (χ0) is 17.5. The number of nitrogens with one attached hydrogen (secondary N) is 2. The van der Waals surface area contributed by atoms with Crippen LogP contribution in [0.2, 0.25) is 0 Å². The summed E-state index contributed by atoms with van der Waals surface area (Å²) in [5.41, 5.74) is 0.378. The summed E-state index contributed by atoms with van der Waals surface area (Å²) in [4.78, 5) is 22.9. The SMILES string of the molecule is N#C/C(=C/Nc1cccc(F)c1)C(=O)Nc1cccc(C(=O)O)c1. The van der Waals surface area contributed by atoms with E-state index in [1.807, 2.05) is 0 Å². The third kappa shape index (κ3) is 4.42. The molecule has 7 heteroatoms. The van der Waals surface area contributed by atoms with E-state index in [0.29, 0.717) is 5.69 Å². The molecule has 0 radical (unpaired) electrons. The van der Waals surface area contributed by atoms with Crippen LogP contribution in [0.3, 0.4) is 0 Å². The maximum absolute atomic E-state index is 13.1. The van der Waals surface area contributed by atoms with Gasteiger partial charge in [-0.15, -0.1) is 0 Å². The highest BCUT2D eigenvalue weighted by Crippen LogP contribution is 2.13. The molecule has 120 valence electrons. The van der Waals surface area contributed by atoms with Gasteiger partial charge in [0.25, 0.3) is 5.91 Å². The molecule has 0 unspecified atom stereocenters. The van der Waals surface area contributed by atoms with Gasteiger partial charge in [-0.05, 0) is 36.4 Å². The summed E-state index contributed by atoms with van der Waals surface area (Å²) in [6, 6.07) is 12.9. The molecule has 0 atom stereocenters. The number of halogens is 1. The van der Waals surface area contributed by atoms with Crippen LogP contribution in [-0.2, 0) is 4.79 Å². The average Bonchev–Trinajstić information content (AvgIpc) is 2.55. The molecule has 6 nitrogen and oxygen atoms in total. The monoisotopic (exact) mass is 325 g/mol. The Hall–Kier alpha value is -3.66. The van der Waals surface area contributed by atoms with Crippen molar-refractivity contribution in [2.75, 3.05) is 10.6 Å². The zero-order valence-electron chi connectivity index (χ0n) is 12.3. The van der Waals surface area contributed by atoms with Crippen molar-refractivity contribution < 1.29 is 19.1 Å². The van der Waals surface area contributed by atoms with E-state index >= 15 is 0 Å². The number of nitrogens with zero attached hydrogens (tertiary/aromatic N) is 1. The Morgan fingerprint density at radius 3 is 2.50 bits per heavy atom. The molecular formula is C17H12FN3O3. The molecule has 3 N–H and O–H groups in total. The number of nitriles is 1. The number of hydrogen-bond acceptors (Lipinski definition) is 4. The van der Waals surface area contributed by atoms with Gasteiger partial charge in [-0.2, -0.15) is 5.26 Å². The lowest BCUT2D eigenvalue weighted by Crippen LogP contribution is -2.15. The second-order valence-corrected chi connectivity index (χ2v) is 4.66. The summed E-state index contributed by atoms with van der Waals surface area (Å²) in [5, 5.41) is 23.1. The minimum atomic E-state index is -1.13. The highest BCUT2D eigenvalue weighted by atomic mass is 19.1. The fourth-order valence-corrected chi connectivity index (χ4v) is 1.81. The summed E-state index contributed by atoms with van der Waals surface area (Å²) in [7, 11) is 0. The quantitative estimate of drug-likeness (QED) is 0.579. The molecule has 0 spiro atoms. The number of carbonyl (C=O) groups is 2. The molecule has 2 aromatic rings. The lowest BCUT2D eigenvalue weighted by molar-refractivity contribution is -0.112. The highest BCUT2D eigenvalue weighted by molar-refractivity contribution is 6.07. The second kappa shape index (κ2) is 7.56. The van der Waals surface area contributed by atoms with Gasteiger partial charge in [-0.25, -0.2) is 9.18 Å². The molecule has 2 rings (SSSR count). The number of carbonyl (C=O) groups excluding carboxylic acids is 1. The molecule has 0 heterocycles. The Bertz CT molecular complexity index is 856. The summed E-state index contributed by atoms with van der Waals surface area (Å²) < 4.78 is 13.1. The predicted molar refractivity (Wildman–Crippen MR) is 85.7 cm³/mol. The Morgan fingerprint density at radius 1 is 1.12 bits per heavy atom. The predicted octanol–water partition coefficient (Wildman–Crippen LogP) is 2.98. The van der Waals surface area contributed by atoms with E-state index in [9.17, 15) is 14.0 Å². The number of aromatic carboxylic acids is 1. The number of anilines is 2. The van der Waals surface area contributed by atoms with Crippen molar-refractivity contribution in [1.82, 2.24) is 0 Å². The summed E-state index contributed by atoms with van der Waals surface area (Å²) in [6.45, 7) is 0. The fraction of sp³-hybridized carbons (Fsp3) is 0. The normalized spacial score (nSPS) is 10.6. The largest absolute Gasteiger partial charge is 0.478 e. The van der Waals surface area contributed by atoms with Crippen molar-refractivity contribution in [3.8, 4) is 6.07 Å². The summed E-state index contributed by atoms with van der Waals surface area (Å²) in [6.07, 6.45) is 1.14. The van der Waals surface area contributed by atoms with Crippen molar-refractivity contribution in [3.63, 3.8) is 0 Å². The molecule has 0 aliphatic rings. The minimum absolute atomic E-state index is 0.00757. The van der Waals surface area contributed by atoms with Crippen LogP contribution in [0.1, 0.15) is 10.4 Å². The van der Waals surface area contributed by atoms with Crippen LogP contribution in [0.5, 0.6) is 0 Å². The number of carboxylic acid groups (broad SMARTS) is 1. The molecule has 0 saturated heterocycles. The Kier molecular flexibility index (Phi) is 5.26. The Balaban J connectivity index is 2.11. The first kappa shape index (κ1) is 16.7. The second-order valence-electron chi connectivity index (χ2n) is 4.66. The van der Waals surface area contributed by atoms with Crippen LogP contribution in [0, 0.1) is 17.1 Å². The van der Waals surface area contributed by atoms with E-state index in [1.54, 1.807) is 12.1 Å². The van der Waals surface area contributed by atoms with Crippen molar-refractivity contribution in [1.29, 1.82) is 5.26 Å². The maximum Gasteiger partial charge on any atom is 0.335 e. The maximum atomic E-state index is 13.1. The van der Waals surface area contributed by atoms with Crippen LogP contribution in [0.15, 0.2) is 60.3 Å². The summed E-state index contributed by atoms with van der Waals surface area (Å²) >= 11 is 0. The zero-order valence-corrected chi connectivity index (χ0v) is 12.3. The van der Waals surface area contributed by atoms with Gasteiger partial charge in [0.05, 0.1) is 5.56 Å². The molecule has 0 aliphatic heterocycles. The van der Waals surface area contributed by atoms with Gasteiger partial charge < -0.3 is 15.7 Å². The topological polar surface area (TPSA) is 102 Å². The number of amides is 1. The standard InChI is InChI=1S/C17H12FN3O3/c18-13-4-2-5-14(8-13)20-10-12(9-19)16(22)21-15-6-1-3-11(7-15)17(23)24/h1-8,10,20H,(H,21,22)(H,23,24)/b12-10-. The van der Waals surface area contributed by atoms with E-state index in [4.69, 9.17) is 10.4 Å². The third-order valence-corrected chi connectivity index (χ3v) is 2.94. The van der Waals surface area contributed by atoms with Gasteiger partial charge in [0.15, 0.2) is 0 Å². The lowest BCUT2D eigenvalue weighted by atomic mass is 10.2. The van der Waals surface area contributed by atoms with Gasteiger partial charge in [-0.1, -0.05) is 12.1 Å². The van der Waals surface area contributed by atoms with Crippen LogP contribution >= 0.6 is 0 Å². The van der Waals surface area contributed by atoms with Gasteiger partial charge >= 0.3 is 5.97 Å². The van der Waals surface area contributed by atoms with Crippen molar-refractivity contribution in [2.45, 2.75) is 0 Å². The van der Waals surface area contributed by atoms with E-state index < -0.39 is 17.7 Å². The van der Waals surface area contributed by atoms with Crippen molar-refractivity contribution >= 4 is 23.3 Å². The lowest BCUT2D eigenvalue weighted by Gasteiger charge is -2.06. The first-order valence-corrected chi connectivity index (χ1v) is 6.76. The first-order chi connectivity index (χ1) is 11.5. The Morgan fingerprint density at radius 2 is 1.83 bits per heavy atom. The minimum Gasteiger partial charge on any atom is -0.478 e. The van der Waals surface area contributed by atoms with Crippen LogP contribution < -0.4 is 10.6 Å². The number of hydrogen-bond donors (Lipinski definition) is 3. The molecule has 0 fully saturated rings. The highest BCUT2D eigenvalue weighted by Gasteiger charge is 2.11. The van der Waals surface area contributed by atoms with Gasteiger partial charge in [-0.3, -0.25) is 4.79 Å². The molecule has 2 aromatic carbocycles.